The first-order chi connectivity index (χ1) is 17.3. The van der Waals surface area contributed by atoms with Crippen LogP contribution in [-0.4, -0.2) is 47.8 Å². The second kappa shape index (κ2) is 11.0. The van der Waals surface area contributed by atoms with E-state index in [0.717, 1.165) is 17.5 Å². The van der Waals surface area contributed by atoms with Crippen molar-refractivity contribution >= 4 is 29.1 Å². The molecule has 3 aromatic rings. The number of anilines is 2. The first kappa shape index (κ1) is 24.9. The summed E-state index contributed by atoms with van der Waals surface area (Å²) < 4.78 is 5.43. The van der Waals surface area contributed by atoms with Crippen LogP contribution in [0.1, 0.15) is 44.7 Å². The van der Waals surface area contributed by atoms with Crippen molar-refractivity contribution in [2.24, 2.45) is 5.92 Å². The zero-order valence-electron chi connectivity index (χ0n) is 20.7. The molecule has 1 aliphatic heterocycles. The van der Waals surface area contributed by atoms with E-state index in [9.17, 15) is 14.4 Å². The van der Waals surface area contributed by atoms with Crippen molar-refractivity contribution in [3.63, 3.8) is 0 Å². The number of piperidine rings is 1. The number of nitrogens with zero attached hydrogens (tertiary/aromatic N) is 2. The fourth-order valence-electron chi connectivity index (χ4n) is 4.46. The average molecular weight is 487 g/mol. The molecular formula is C28H30N4O4. The Hall–Kier alpha value is -4.20. The third kappa shape index (κ3) is 5.89. The van der Waals surface area contributed by atoms with E-state index in [2.05, 4.69) is 15.6 Å². The molecule has 8 nitrogen and oxygen atoms in total. The van der Waals surface area contributed by atoms with Crippen molar-refractivity contribution in [2.45, 2.75) is 26.7 Å². The smallest absolute Gasteiger partial charge is 0.257 e. The fourth-order valence-corrected chi connectivity index (χ4v) is 4.46. The molecule has 36 heavy (non-hydrogen) atoms. The van der Waals surface area contributed by atoms with Crippen LogP contribution < -0.4 is 15.4 Å². The lowest BCUT2D eigenvalue weighted by Crippen LogP contribution is -2.43. The van der Waals surface area contributed by atoms with E-state index in [-0.39, 0.29) is 23.6 Å². The third-order valence-electron chi connectivity index (χ3n) is 6.19. The van der Waals surface area contributed by atoms with E-state index in [1.54, 1.807) is 41.4 Å². The summed E-state index contributed by atoms with van der Waals surface area (Å²) in [5, 5.41) is 5.74. The quantitative estimate of drug-likeness (QED) is 0.536. The Kier molecular flexibility index (Phi) is 7.63. The Labute approximate surface area is 210 Å². The number of aromatic nitrogens is 1. The van der Waals surface area contributed by atoms with Gasteiger partial charge in [-0.3, -0.25) is 19.4 Å². The summed E-state index contributed by atoms with van der Waals surface area (Å²) in [5.74, 6) is -0.407. The maximum Gasteiger partial charge on any atom is 0.257 e. The summed E-state index contributed by atoms with van der Waals surface area (Å²) in [5.41, 5.74) is 4.19. The zero-order valence-corrected chi connectivity index (χ0v) is 20.7. The highest BCUT2D eigenvalue weighted by Crippen LogP contribution is 2.29. The van der Waals surface area contributed by atoms with Crippen molar-refractivity contribution in [2.75, 3.05) is 30.8 Å². The minimum atomic E-state index is -0.315. The van der Waals surface area contributed by atoms with Gasteiger partial charge in [0.05, 0.1) is 24.3 Å². The lowest BCUT2D eigenvalue weighted by molar-refractivity contribution is -0.121. The van der Waals surface area contributed by atoms with Gasteiger partial charge in [0.2, 0.25) is 5.91 Å². The topological polar surface area (TPSA) is 101 Å². The molecule has 2 aromatic carbocycles. The maximum atomic E-state index is 13.1. The van der Waals surface area contributed by atoms with Gasteiger partial charge in [0, 0.05) is 42.8 Å². The van der Waals surface area contributed by atoms with Crippen molar-refractivity contribution < 1.29 is 19.1 Å². The lowest BCUT2D eigenvalue weighted by atomic mass is 9.96. The Bertz CT molecular complexity index is 1260. The molecule has 1 fully saturated rings. The molecule has 1 saturated heterocycles. The van der Waals surface area contributed by atoms with Crippen LogP contribution in [0.4, 0.5) is 11.4 Å². The number of pyridine rings is 1. The number of likely N-dealkylation sites (tertiary alicyclic amines) is 1. The second-order valence-corrected chi connectivity index (χ2v) is 9.07. The number of hydrogen-bond acceptors (Lipinski definition) is 5. The minimum Gasteiger partial charge on any atom is -0.494 e. The SMILES string of the molecule is COc1cc(NC(=O)C2CCCN(C(=O)c3cc(C)cc(C)c3)C2)ccc1NC(=O)c1cccnc1. The number of benzene rings is 2. The van der Waals surface area contributed by atoms with Crippen LogP contribution in [0.3, 0.4) is 0 Å². The van der Waals surface area contributed by atoms with Crippen molar-refractivity contribution in [1.82, 2.24) is 9.88 Å². The number of amides is 3. The molecule has 1 aromatic heterocycles. The first-order valence-corrected chi connectivity index (χ1v) is 11.9. The lowest BCUT2D eigenvalue weighted by Gasteiger charge is -2.32. The van der Waals surface area contributed by atoms with Gasteiger partial charge in [0.15, 0.2) is 0 Å². The Morgan fingerprint density at radius 1 is 1.00 bits per heavy atom. The molecule has 4 rings (SSSR count). The number of carbonyl (C=O) groups is 3. The average Bonchev–Trinajstić information content (AvgIpc) is 2.89. The molecule has 0 aliphatic carbocycles. The Balaban J connectivity index is 1.41. The molecule has 2 heterocycles. The number of rotatable bonds is 6. The molecule has 3 amide bonds. The van der Waals surface area contributed by atoms with Crippen LogP contribution in [0.15, 0.2) is 60.9 Å². The molecule has 0 saturated carbocycles. The molecule has 2 N–H and O–H groups in total. The molecule has 8 heteroatoms. The van der Waals surface area contributed by atoms with Crippen LogP contribution in [0, 0.1) is 19.8 Å². The van der Waals surface area contributed by atoms with Crippen LogP contribution in [-0.2, 0) is 4.79 Å². The van der Waals surface area contributed by atoms with E-state index in [1.165, 1.54) is 13.3 Å². The summed E-state index contributed by atoms with van der Waals surface area (Å²) in [6, 6.07) is 14.2. The van der Waals surface area contributed by atoms with Gasteiger partial charge in [-0.25, -0.2) is 0 Å². The summed E-state index contributed by atoms with van der Waals surface area (Å²) >= 11 is 0. The van der Waals surface area contributed by atoms with E-state index >= 15 is 0 Å². The van der Waals surface area contributed by atoms with Crippen molar-refractivity contribution in [1.29, 1.82) is 0 Å². The van der Waals surface area contributed by atoms with Crippen LogP contribution >= 0.6 is 0 Å². The summed E-state index contributed by atoms with van der Waals surface area (Å²) in [7, 11) is 1.50. The monoisotopic (exact) mass is 486 g/mol. The number of carbonyl (C=O) groups excluding carboxylic acids is 3. The molecule has 186 valence electrons. The molecule has 1 atom stereocenters. The Morgan fingerprint density at radius 3 is 2.47 bits per heavy atom. The molecule has 0 radical (unpaired) electrons. The summed E-state index contributed by atoms with van der Waals surface area (Å²) in [4.78, 5) is 44.3. The highest BCUT2D eigenvalue weighted by molar-refractivity contribution is 6.05. The van der Waals surface area contributed by atoms with E-state index in [4.69, 9.17) is 4.74 Å². The van der Waals surface area contributed by atoms with Gasteiger partial charge in [-0.15, -0.1) is 0 Å². The molecule has 1 unspecified atom stereocenters. The Morgan fingerprint density at radius 2 is 1.78 bits per heavy atom. The van der Waals surface area contributed by atoms with Gasteiger partial charge in [-0.05, 0) is 63.1 Å². The maximum absolute atomic E-state index is 13.1. The predicted molar refractivity (Wildman–Crippen MR) is 138 cm³/mol. The van der Waals surface area contributed by atoms with Gasteiger partial charge in [0.25, 0.3) is 11.8 Å². The van der Waals surface area contributed by atoms with Crippen molar-refractivity contribution in [3.8, 4) is 5.75 Å². The summed E-state index contributed by atoms with van der Waals surface area (Å²) in [6.07, 6.45) is 4.55. The number of methoxy groups -OCH3 is 1. The third-order valence-corrected chi connectivity index (χ3v) is 6.19. The van der Waals surface area contributed by atoms with Crippen LogP contribution in [0.5, 0.6) is 5.75 Å². The fraction of sp³-hybridized carbons (Fsp3) is 0.286. The van der Waals surface area contributed by atoms with Crippen molar-refractivity contribution in [3.05, 3.63) is 83.2 Å². The van der Waals surface area contributed by atoms with Gasteiger partial charge >= 0.3 is 0 Å². The van der Waals surface area contributed by atoms with Crippen LogP contribution in [0.25, 0.3) is 0 Å². The predicted octanol–water partition coefficient (Wildman–Crippen LogP) is 4.45. The highest BCUT2D eigenvalue weighted by Gasteiger charge is 2.29. The number of hydrogen-bond donors (Lipinski definition) is 2. The highest BCUT2D eigenvalue weighted by atomic mass is 16.5. The molecule has 0 spiro atoms. The van der Waals surface area contributed by atoms with Gasteiger partial charge < -0.3 is 20.3 Å². The standard InChI is InChI=1S/C28H30N4O4/c1-18-12-19(2)14-22(13-18)28(35)32-11-5-7-21(17-32)27(34)30-23-8-9-24(25(15-23)36-3)31-26(33)20-6-4-10-29-16-20/h4,6,8-10,12-16,21H,5,7,11,17H2,1-3H3,(H,30,34)(H,31,33). The van der Waals surface area contributed by atoms with E-state index in [0.29, 0.717) is 47.8 Å². The second-order valence-electron chi connectivity index (χ2n) is 9.07. The molecule has 1 aliphatic rings. The minimum absolute atomic E-state index is 0.0466. The zero-order chi connectivity index (χ0) is 25.7. The number of aryl methyl sites for hydroxylation is 2. The normalized spacial score (nSPS) is 15.2. The number of nitrogens with one attached hydrogen (secondary N) is 2. The molecule has 0 bridgehead atoms. The summed E-state index contributed by atoms with van der Waals surface area (Å²) in [6.45, 7) is 4.95. The van der Waals surface area contributed by atoms with Gasteiger partial charge in [-0.2, -0.15) is 0 Å². The largest absolute Gasteiger partial charge is 0.494 e. The van der Waals surface area contributed by atoms with Gasteiger partial charge in [-0.1, -0.05) is 17.2 Å². The number of ether oxygens (including phenoxy) is 1. The molecular weight excluding hydrogens is 456 g/mol. The van der Waals surface area contributed by atoms with Crippen LogP contribution in [0.2, 0.25) is 0 Å². The van der Waals surface area contributed by atoms with E-state index < -0.39 is 0 Å². The van der Waals surface area contributed by atoms with Gasteiger partial charge in [0.1, 0.15) is 5.75 Å². The van der Waals surface area contributed by atoms with E-state index in [1.807, 2.05) is 32.0 Å². The first-order valence-electron chi connectivity index (χ1n) is 11.9.